The number of hydrogen-bond acceptors (Lipinski definition) is 5. The largest absolute Gasteiger partial charge is 0.324 e. The SMILES string of the molecule is N#Cc1ccc(S(=O)(=O)N2CCC(C(=O)Nc3cccc4cccnc34)CC2)cc1. The first-order chi connectivity index (χ1) is 14.5. The number of nitrogens with zero attached hydrogens (tertiary/aromatic N) is 3. The van der Waals surface area contributed by atoms with E-state index in [2.05, 4.69) is 10.3 Å². The molecule has 1 fully saturated rings. The number of amides is 1. The quantitative estimate of drug-likeness (QED) is 0.698. The van der Waals surface area contributed by atoms with E-state index in [4.69, 9.17) is 5.26 Å². The van der Waals surface area contributed by atoms with Crippen molar-refractivity contribution in [1.29, 1.82) is 5.26 Å². The van der Waals surface area contributed by atoms with Gasteiger partial charge in [-0.3, -0.25) is 9.78 Å². The summed E-state index contributed by atoms with van der Waals surface area (Å²) in [5.74, 6) is -0.389. The zero-order valence-corrected chi connectivity index (χ0v) is 17.0. The lowest BCUT2D eigenvalue weighted by Gasteiger charge is -2.30. The predicted octanol–water partition coefficient (Wildman–Crippen LogP) is 3.15. The molecule has 30 heavy (non-hydrogen) atoms. The van der Waals surface area contributed by atoms with Gasteiger partial charge in [-0.1, -0.05) is 18.2 Å². The molecule has 1 N–H and O–H groups in total. The highest BCUT2D eigenvalue weighted by molar-refractivity contribution is 7.89. The summed E-state index contributed by atoms with van der Waals surface area (Å²) in [5.41, 5.74) is 1.80. The number of hydrogen-bond donors (Lipinski definition) is 1. The van der Waals surface area contributed by atoms with Gasteiger partial charge in [-0.2, -0.15) is 9.57 Å². The van der Waals surface area contributed by atoms with Crippen molar-refractivity contribution in [2.24, 2.45) is 5.92 Å². The molecule has 1 aliphatic rings. The van der Waals surface area contributed by atoms with Crippen molar-refractivity contribution in [2.75, 3.05) is 18.4 Å². The summed E-state index contributed by atoms with van der Waals surface area (Å²) in [4.78, 5) is 17.3. The summed E-state index contributed by atoms with van der Waals surface area (Å²) < 4.78 is 27.1. The van der Waals surface area contributed by atoms with Crippen LogP contribution in [0, 0.1) is 17.2 Å². The summed E-state index contributed by atoms with van der Waals surface area (Å²) in [7, 11) is -3.64. The summed E-state index contributed by atoms with van der Waals surface area (Å²) in [6.07, 6.45) is 2.57. The normalized spacial score (nSPS) is 15.6. The number of carbonyl (C=O) groups is 1. The van der Waals surface area contributed by atoms with Crippen molar-refractivity contribution in [1.82, 2.24) is 9.29 Å². The minimum Gasteiger partial charge on any atom is -0.324 e. The van der Waals surface area contributed by atoms with E-state index in [0.29, 0.717) is 24.1 Å². The Morgan fingerprint density at radius 1 is 1.07 bits per heavy atom. The number of para-hydroxylation sites is 1. The Morgan fingerprint density at radius 2 is 1.77 bits per heavy atom. The maximum atomic E-state index is 12.8. The number of rotatable bonds is 4. The number of carbonyl (C=O) groups excluding carboxylic acids is 1. The Kier molecular flexibility index (Phi) is 5.48. The van der Waals surface area contributed by atoms with Gasteiger partial charge in [0.1, 0.15) is 0 Å². The smallest absolute Gasteiger partial charge is 0.243 e. The number of benzene rings is 2. The summed E-state index contributed by atoms with van der Waals surface area (Å²) in [6, 6.07) is 17.2. The van der Waals surface area contributed by atoms with Crippen LogP contribution in [0.5, 0.6) is 0 Å². The first-order valence-corrected chi connectivity index (χ1v) is 11.1. The minimum absolute atomic E-state index is 0.122. The van der Waals surface area contributed by atoms with Crippen LogP contribution in [0.4, 0.5) is 5.69 Å². The maximum absolute atomic E-state index is 12.8. The molecular formula is C22H20N4O3S. The average Bonchev–Trinajstić information content (AvgIpc) is 2.79. The molecule has 152 valence electrons. The summed E-state index contributed by atoms with van der Waals surface area (Å²) in [6.45, 7) is 0.544. The van der Waals surface area contributed by atoms with Gasteiger partial charge in [0.15, 0.2) is 0 Å². The molecule has 2 heterocycles. The van der Waals surface area contributed by atoms with Gasteiger partial charge in [0.25, 0.3) is 0 Å². The number of pyridine rings is 1. The molecule has 1 amide bonds. The fraction of sp³-hybridized carbons (Fsp3) is 0.227. The molecule has 0 unspecified atom stereocenters. The Labute approximate surface area is 175 Å². The van der Waals surface area contributed by atoms with Gasteiger partial charge >= 0.3 is 0 Å². The predicted molar refractivity (Wildman–Crippen MR) is 113 cm³/mol. The molecule has 0 saturated carbocycles. The number of nitriles is 1. The first kappa shape index (κ1) is 20.0. The van der Waals surface area contributed by atoms with Crippen molar-refractivity contribution in [3.63, 3.8) is 0 Å². The monoisotopic (exact) mass is 420 g/mol. The molecule has 4 rings (SSSR count). The first-order valence-electron chi connectivity index (χ1n) is 9.64. The summed E-state index contributed by atoms with van der Waals surface area (Å²) in [5, 5.41) is 12.8. The number of nitrogens with one attached hydrogen (secondary N) is 1. The number of anilines is 1. The van der Waals surface area contributed by atoms with Crippen molar-refractivity contribution in [2.45, 2.75) is 17.7 Å². The van der Waals surface area contributed by atoms with Crippen molar-refractivity contribution < 1.29 is 13.2 Å². The molecular weight excluding hydrogens is 400 g/mol. The number of aromatic nitrogens is 1. The molecule has 1 saturated heterocycles. The van der Waals surface area contributed by atoms with E-state index in [1.54, 1.807) is 6.20 Å². The van der Waals surface area contributed by atoms with Crippen LogP contribution in [0.2, 0.25) is 0 Å². The van der Waals surface area contributed by atoms with E-state index < -0.39 is 10.0 Å². The standard InChI is InChI=1S/C22H20N4O3S/c23-15-16-6-8-19(9-7-16)30(28,29)26-13-10-18(11-14-26)22(27)25-20-5-1-3-17-4-2-12-24-21(17)20/h1-9,12,18H,10-11,13-14H2,(H,25,27). The fourth-order valence-corrected chi connectivity index (χ4v) is 5.12. The Bertz CT molecular complexity index is 1220. The van der Waals surface area contributed by atoms with Crippen molar-refractivity contribution >= 4 is 32.5 Å². The minimum atomic E-state index is -3.64. The van der Waals surface area contributed by atoms with E-state index >= 15 is 0 Å². The topological polar surface area (TPSA) is 103 Å². The van der Waals surface area contributed by atoms with Crippen LogP contribution in [0.1, 0.15) is 18.4 Å². The molecule has 8 heteroatoms. The Hall–Kier alpha value is -3.28. The molecule has 7 nitrogen and oxygen atoms in total. The zero-order chi connectivity index (χ0) is 21.1. The molecule has 2 aromatic carbocycles. The van der Waals surface area contributed by atoms with Gasteiger partial charge in [0.05, 0.1) is 27.7 Å². The van der Waals surface area contributed by atoms with Gasteiger partial charge in [0, 0.05) is 30.6 Å². The highest BCUT2D eigenvalue weighted by Crippen LogP contribution is 2.26. The van der Waals surface area contributed by atoms with E-state index in [-0.39, 0.29) is 29.8 Å². The highest BCUT2D eigenvalue weighted by Gasteiger charge is 2.32. The maximum Gasteiger partial charge on any atom is 0.243 e. The van der Waals surface area contributed by atoms with Crippen LogP contribution in [0.3, 0.4) is 0 Å². The van der Waals surface area contributed by atoms with E-state index in [9.17, 15) is 13.2 Å². The average molecular weight is 420 g/mol. The van der Waals surface area contributed by atoms with Crippen LogP contribution in [-0.4, -0.2) is 36.7 Å². The van der Waals surface area contributed by atoms with Crippen LogP contribution in [0.15, 0.2) is 65.7 Å². The Morgan fingerprint density at radius 3 is 2.47 bits per heavy atom. The zero-order valence-electron chi connectivity index (χ0n) is 16.2. The lowest BCUT2D eigenvalue weighted by molar-refractivity contribution is -0.120. The van der Waals surface area contributed by atoms with E-state index in [0.717, 1.165) is 10.9 Å². The molecule has 0 bridgehead atoms. The lowest BCUT2D eigenvalue weighted by Crippen LogP contribution is -2.41. The molecule has 1 aliphatic heterocycles. The Balaban J connectivity index is 1.42. The molecule has 0 spiro atoms. The molecule has 0 radical (unpaired) electrons. The molecule has 0 aliphatic carbocycles. The van der Waals surface area contributed by atoms with E-state index in [1.165, 1.54) is 28.6 Å². The van der Waals surface area contributed by atoms with Crippen LogP contribution in [0.25, 0.3) is 10.9 Å². The highest BCUT2D eigenvalue weighted by atomic mass is 32.2. The van der Waals surface area contributed by atoms with Gasteiger partial charge < -0.3 is 5.32 Å². The third-order valence-corrected chi connectivity index (χ3v) is 7.25. The number of sulfonamides is 1. The third-order valence-electron chi connectivity index (χ3n) is 5.34. The second-order valence-electron chi connectivity index (χ2n) is 7.18. The van der Waals surface area contributed by atoms with Gasteiger partial charge in [-0.25, -0.2) is 8.42 Å². The van der Waals surface area contributed by atoms with E-state index in [1.807, 2.05) is 36.4 Å². The third kappa shape index (κ3) is 3.90. The number of piperidine rings is 1. The van der Waals surface area contributed by atoms with Crippen molar-refractivity contribution in [3.05, 3.63) is 66.4 Å². The number of fused-ring (bicyclic) bond motifs is 1. The van der Waals surface area contributed by atoms with Gasteiger partial charge in [-0.05, 0) is 49.2 Å². The van der Waals surface area contributed by atoms with Crippen LogP contribution in [-0.2, 0) is 14.8 Å². The molecule has 1 aromatic heterocycles. The lowest BCUT2D eigenvalue weighted by atomic mass is 9.97. The molecule has 0 atom stereocenters. The second-order valence-corrected chi connectivity index (χ2v) is 9.12. The second kappa shape index (κ2) is 8.22. The van der Waals surface area contributed by atoms with Gasteiger partial charge in [-0.15, -0.1) is 0 Å². The summed E-state index contributed by atoms with van der Waals surface area (Å²) >= 11 is 0. The van der Waals surface area contributed by atoms with Gasteiger partial charge in [0.2, 0.25) is 15.9 Å². The molecule has 3 aromatic rings. The fourth-order valence-electron chi connectivity index (χ4n) is 3.65. The van der Waals surface area contributed by atoms with Crippen molar-refractivity contribution in [3.8, 4) is 6.07 Å². The van der Waals surface area contributed by atoms with Crippen LogP contribution >= 0.6 is 0 Å². The van der Waals surface area contributed by atoms with Crippen LogP contribution < -0.4 is 5.32 Å².